The molecular formula is C17H18N2OS. The average molecular weight is 298 g/mol. The first-order chi connectivity index (χ1) is 10.3. The lowest BCUT2D eigenvalue weighted by atomic mass is 10.0. The minimum atomic E-state index is -0.0613. The van der Waals surface area contributed by atoms with Crippen molar-refractivity contribution in [2.75, 3.05) is 18.1 Å². The Morgan fingerprint density at radius 1 is 1.19 bits per heavy atom. The molecule has 0 saturated heterocycles. The predicted molar refractivity (Wildman–Crippen MR) is 87.7 cm³/mol. The van der Waals surface area contributed by atoms with Gasteiger partial charge in [-0.1, -0.05) is 36.4 Å². The quantitative estimate of drug-likeness (QED) is 0.910. The van der Waals surface area contributed by atoms with Gasteiger partial charge in [-0.15, -0.1) is 11.8 Å². The van der Waals surface area contributed by atoms with Crippen LogP contribution in [0.1, 0.15) is 17.0 Å². The molecule has 0 radical (unpaired) electrons. The van der Waals surface area contributed by atoms with Crippen LogP contribution in [0.3, 0.4) is 0 Å². The van der Waals surface area contributed by atoms with Crippen molar-refractivity contribution in [3.05, 3.63) is 59.7 Å². The first-order valence-electron chi connectivity index (χ1n) is 7.04. The third-order valence-electron chi connectivity index (χ3n) is 3.66. The Morgan fingerprint density at radius 2 is 1.95 bits per heavy atom. The van der Waals surface area contributed by atoms with E-state index in [1.807, 2.05) is 43.4 Å². The van der Waals surface area contributed by atoms with Gasteiger partial charge in [0, 0.05) is 22.9 Å². The van der Waals surface area contributed by atoms with E-state index in [1.165, 1.54) is 4.90 Å². The molecule has 0 fully saturated rings. The number of carbonyl (C=O) groups is 1. The second-order valence-electron chi connectivity index (χ2n) is 5.08. The minimum absolute atomic E-state index is 0.0613. The summed E-state index contributed by atoms with van der Waals surface area (Å²) in [6, 6.07) is 16.1. The van der Waals surface area contributed by atoms with Crippen LogP contribution < -0.4 is 10.6 Å². The predicted octanol–water partition coefficient (Wildman–Crippen LogP) is 3.23. The van der Waals surface area contributed by atoms with Crippen molar-refractivity contribution in [3.63, 3.8) is 0 Å². The second-order valence-corrected chi connectivity index (χ2v) is 6.14. The molecule has 2 aromatic carbocycles. The number of hydrogen-bond acceptors (Lipinski definition) is 3. The number of rotatable bonds is 4. The summed E-state index contributed by atoms with van der Waals surface area (Å²) in [7, 11) is 1.91. The van der Waals surface area contributed by atoms with Crippen molar-refractivity contribution in [2.45, 2.75) is 17.4 Å². The zero-order valence-corrected chi connectivity index (χ0v) is 12.7. The Morgan fingerprint density at radius 3 is 2.81 bits per heavy atom. The van der Waals surface area contributed by atoms with Crippen molar-refractivity contribution >= 4 is 23.4 Å². The van der Waals surface area contributed by atoms with Crippen LogP contribution in [0.25, 0.3) is 0 Å². The molecule has 0 aliphatic carbocycles. The Bertz CT molecular complexity index is 657. The SMILES string of the molecule is CNCc1ccccc1NC(=O)C1CSc2ccccc21. The van der Waals surface area contributed by atoms with Gasteiger partial charge in [0.1, 0.15) is 0 Å². The molecule has 0 bridgehead atoms. The standard InChI is InChI=1S/C17H18N2OS/c1-18-10-12-6-2-4-8-15(12)19-17(20)14-11-21-16-9-5-3-7-13(14)16/h2-9,14,18H,10-11H2,1H3,(H,19,20). The molecule has 2 N–H and O–H groups in total. The fourth-order valence-electron chi connectivity index (χ4n) is 2.59. The largest absolute Gasteiger partial charge is 0.325 e. The van der Waals surface area contributed by atoms with Crippen molar-refractivity contribution in [1.29, 1.82) is 0 Å². The van der Waals surface area contributed by atoms with Gasteiger partial charge in [0.15, 0.2) is 0 Å². The normalized spacial score (nSPS) is 16.5. The maximum Gasteiger partial charge on any atom is 0.232 e. The number of hydrogen-bond donors (Lipinski definition) is 2. The molecule has 108 valence electrons. The molecule has 0 saturated carbocycles. The van der Waals surface area contributed by atoms with Crippen molar-refractivity contribution in [3.8, 4) is 0 Å². The first kappa shape index (κ1) is 14.2. The smallest absolute Gasteiger partial charge is 0.232 e. The Kier molecular flexibility index (Phi) is 4.27. The molecule has 3 rings (SSSR count). The summed E-state index contributed by atoms with van der Waals surface area (Å²) in [6.45, 7) is 0.743. The summed E-state index contributed by atoms with van der Waals surface area (Å²) in [4.78, 5) is 13.8. The lowest BCUT2D eigenvalue weighted by Crippen LogP contribution is -2.22. The first-order valence-corrected chi connectivity index (χ1v) is 8.03. The highest BCUT2D eigenvalue weighted by molar-refractivity contribution is 7.99. The fourth-order valence-corrected chi connectivity index (χ4v) is 3.82. The summed E-state index contributed by atoms with van der Waals surface area (Å²) >= 11 is 1.76. The van der Waals surface area contributed by atoms with Gasteiger partial charge >= 0.3 is 0 Å². The van der Waals surface area contributed by atoms with Crippen LogP contribution >= 0.6 is 11.8 Å². The Hall–Kier alpha value is -1.78. The van der Waals surface area contributed by atoms with Crippen molar-refractivity contribution < 1.29 is 4.79 Å². The van der Waals surface area contributed by atoms with Crippen molar-refractivity contribution in [1.82, 2.24) is 5.32 Å². The monoisotopic (exact) mass is 298 g/mol. The lowest BCUT2D eigenvalue weighted by Gasteiger charge is -2.14. The Labute approximate surface area is 129 Å². The number of benzene rings is 2. The van der Waals surface area contributed by atoms with Gasteiger partial charge in [-0.3, -0.25) is 4.79 Å². The van der Waals surface area contributed by atoms with E-state index in [0.29, 0.717) is 0 Å². The van der Waals surface area contributed by atoms with Crippen LogP contribution in [0.5, 0.6) is 0 Å². The van der Waals surface area contributed by atoms with Crippen LogP contribution in [0, 0.1) is 0 Å². The van der Waals surface area contributed by atoms with Crippen LogP contribution in [0.2, 0.25) is 0 Å². The van der Waals surface area contributed by atoms with E-state index in [-0.39, 0.29) is 11.8 Å². The molecule has 2 aromatic rings. The van der Waals surface area contributed by atoms with Gasteiger partial charge < -0.3 is 10.6 Å². The van der Waals surface area contributed by atoms with Gasteiger partial charge in [-0.05, 0) is 30.3 Å². The number of para-hydroxylation sites is 1. The van der Waals surface area contributed by atoms with E-state index in [9.17, 15) is 4.79 Å². The second kappa shape index (κ2) is 6.33. The van der Waals surface area contributed by atoms with Gasteiger partial charge in [0.05, 0.1) is 5.92 Å². The van der Waals surface area contributed by atoms with E-state index >= 15 is 0 Å². The molecule has 4 heteroatoms. The number of nitrogens with one attached hydrogen (secondary N) is 2. The summed E-state index contributed by atoms with van der Waals surface area (Å²) in [6.07, 6.45) is 0. The highest BCUT2D eigenvalue weighted by atomic mass is 32.2. The number of fused-ring (bicyclic) bond motifs is 1. The van der Waals surface area contributed by atoms with E-state index in [0.717, 1.165) is 29.1 Å². The van der Waals surface area contributed by atoms with Gasteiger partial charge in [-0.2, -0.15) is 0 Å². The fraction of sp³-hybridized carbons (Fsp3) is 0.235. The number of carbonyl (C=O) groups excluding carboxylic acids is 1. The van der Waals surface area contributed by atoms with Crippen LogP contribution in [-0.2, 0) is 11.3 Å². The number of amides is 1. The maximum absolute atomic E-state index is 12.6. The van der Waals surface area contributed by atoms with E-state index in [2.05, 4.69) is 22.8 Å². The van der Waals surface area contributed by atoms with Gasteiger partial charge in [0.25, 0.3) is 0 Å². The maximum atomic E-state index is 12.6. The highest BCUT2D eigenvalue weighted by Gasteiger charge is 2.29. The van der Waals surface area contributed by atoms with Crippen LogP contribution in [0.15, 0.2) is 53.4 Å². The van der Waals surface area contributed by atoms with E-state index in [4.69, 9.17) is 0 Å². The molecule has 1 aliphatic rings. The summed E-state index contributed by atoms with van der Waals surface area (Å²) in [5, 5.41) is 6.21. The van der Waals surface area contributed by atoms with Crippen LogP contribution in [-0.4, -0.2) is 18.7 Å². The van der Waals surface area contributed by atoms with Crippen molar-refractivity contribution in [2.24, 2.45) is 0 Å². The molecule has 21 heavy (non-hydrogen) atoms. The topological polar surface area (TPSA) is 41.1 Å². The number of thioether (sulfide) groups is 1. The highest BCUT2D eigenvalue weighted by Crippen LogP contribution is 2.39. The summed E-state index contributed by atoms with van der Waals surface area (Å²) in [5.41, 5.74) is 3.14. The summed E-state index contributed by atoms with van der Waals surface area (Å²) < 4.78 is 0. The third-order valence-corrected chi connectivity index (χ3v) is 4.84. The molecule has 3 nitrogen and oxygen atoms in total. The van der Waals surface area contributed by atoms with E-state index in [1.54, 1.807) is 11.8 Å². The molecule has 1 aliphatic heterocycles. The van der Waals surface area contributed by atoms with E-state index < -0.39 is 0 Å². The van der Waals surface area contributed by atoms with Gasteiger partial charge in [-0.25, -0.2) is 0 Å². The average Bonchev–Trinajstić information content (AvgIpc) is 2.93. The molecule has 1 unspecified atom stereocenters. The molecule has 0 aromatic heterocycles. The summed E-state index contributed by atoms with van der Waals surface area (Å²) in [5.74, 6) is 0.837. The molecular weight excluding hydrogens is 280 g/mol. The van der Waals surface area contributed by atoms with Crippen LogP contribution in [0.4, 0.5) is 5.69 Å². The molecule has 1 heterocycles. The molecule has 1 atom stereocenters. The molecule has 0 spiro atoms. The third kappa shape index (κ3) is 2.96. The zero-order valence-electron chi connectivity index (χ0n) is 11.9. The van der Waals surface area contributed by atoms with Gasteiger partial charge in [0.2, 0.25) is 5.91 Å². The zero-order chi connectivity index (χ0) is 14.7. The lowest BCUT2D eigenvalue weighted by molar-refractivity contribution is -0.117. The number of anilines is 1. The Balaban J connectivity index is 1.79. The minimum Gasteiger partial charge on any atom is -0.325 e. The molecule has 1 amide bonds.